The van der Waals surface area contributed by atoms with Crippen LogP contribution < -0.4 is 5.73 Å². The second-order valence-corrected chi connectivity index (χ2v) is 9.78. The molecule has 1 aromatic carbocycles. The molecular formula is C16H19N5O3S3. The molecule has 0 spiro atoms. The van der Waals surface area contributed by atoms with E-state index >= 15 is 0 Å². The van der Waals surface area contributed by atoms with Crippen LogP contribution in [0.25, 0.3) is 6.08 Å². The van der Waals surface area contributed by atoms with Gasteiger partial charge in [-0.25, -0.2) is 8.42 Å². The second kappa shape index (κ2) is 8.83. The van der Waals surface area contributed by atoms with E-state index in [4.69, 9.17) is 5.73 Å². The molecule has 2 N–H and O–H groups in total. The zero-order valence-electron chi connectivity index (χ0n) is 14.4. The smallest absolute Gasteiger partial charge is 0.236 e. The molecule has 0 radical (unpaired) electrons. The first-order valence-corrected chi connectivity index (χ1v) is 11.5. The van der Waals surface area contributed by atoms with Crippen LogP contribution in [0.2, 0.25) is 0 Å². The Morgan fingerprint density at radius 2 is 1.89 bits per heavy atom. The van der Waals surface area contributed by atoms with Crippen LogP contribution in [-0.4, -0.2) is 65.7 Å². The third-order valence-electron chi connectivity index (χ3n) is 3.92. The Hall–Kier alpha value is -1.95. The maximum absolute atomic E-state index is 12.5. The lowest BCUT2D eigenvalue weighted by molar-refractivity contribution is -0.129. The number of rotatable bonds is 6. The van der Waals surface area contributed by atoms with Crippen LogP contribution in [0.4, 0.5) is 5.13 Å². The van der Waals surface area contributed by atoms with Gasteiger partial charge in [-0.15, -0.1) is 10.2 Å². The summed E-state index contributed by atoms with van der Waals surface area (Å²) in [6, 6.07) is 9.26. The molecule has 0 unspecified atom stereocenters. The summed E-state index contributed by atoms with van der Waals surface area (Å²) in [5.74, 6) is 0.181. The number of nitrogens with zero attached hydrogens (tertiary/aromatic N) is 4. The van der Waals surface area contributed by atoms with Crippen molar-refractivity contribution in [2.75, 3.05) is 37.7 Å². The highest BCUT2D eigenvalue weighted by atomic mass is 32.2. The Labute approximate surface area is 166 Å². The number of benzene rings is 1. The fraction of sp³-hybridized carbons (Fsp3) is 0.312. The normalized spacial score (nSPS) is 16.1. The SMILES string of the molecule is Nc1nnc(SCC(=O)N2CCN(S(=O)(=O)/C=C/c3ccccc3)CC2)s1. The van der Waals surface area contributed by atoms with E-state index in [1.807, 2.05) is 30.3 Å². The molecule has 144 valence electrons. The van der Waals surface area contributed by atoms with Crippen molar-refractivity contribution in [1.29, 1.82) is 0 Å². The van der Waals surface area contributed by atoms with Gasteiger partial charge in [0.15, 0.2) is 4.34 Å². The third-order valence-corrected chi connectivity index (χ3v) is 7.36. The largest absolute Gasteiger partial charge is 0.374 e. The minimum absolute atomic E-state index is 0.0503. The van der Waals surface area contributed by atoms with Crippen molar-refractivity contribution in [3.05, 3.63) is 41.3 Å². The predicted molar refractivity (Wildman–Crippen MR) is 108 cm³/mol. The first-order valence-electron chi connectivity index (χ1n) is 8.17. The number of nitrogens with two attached hydrogens (primary N) is 1. The van der Waals surface area contributed by atoms with E-state index in [1.165, 1.54) is 32.8 Å². The molecule has 11 heteroatoms. The van der Waals surface area contributed by atoms with Crippen molar-refractivity contribution in [3.63, 3.8) is 0 Å². The minimum atomic E-state index is -3.50. The zero-order chi connectivity index (χ0) is 19.3. The second-order valence-electron chi connectivity index (χ2n) is 5.73. The molecule has 1 fully saturated rings. The molecule has 0 aliphatic carbocycles. The zero-order valence-corrected chi connectivity index (χ0v) is 16.8. The number of anilines is 1. The summed E-state index contributed by atoms with van der Waals surface area (Å²) in [6.45, 7) is 1.30. The Balaban J connectivity index is 1.50. The van der Waals surface area contributed by atoms with E-state index in [0.717, 1.165) is 5.56 Å². The Morgan fingerprint density at radius 1 is 1.19 bits per heavy atom. The number of carbonyl (C=O) groups excluding carboxylic acids is 1. The molecule has 27 heavy (non-hydrogen) atoms. The van der Waals surface area contributed by atoms with Crippen LogP contribution in [-0.2, 0) is 14.8 Å². The fourth-order valence-corrected chi connectivity index (χ4v) is 5.21. The Morgan fingerprint density at radius 3 is 2.52 bits per heavy atom. The van der Waals surface area contributed by atoms with Gasteiger partial charge in [-0.1, -0.05) is 53.4 Å². The van der Waals surface area contributed by atoms with Crippen molar-refractivity contribution >= 4 is 50.2 Å². The summed E-state index contributed by atoms with van der Waals surface area (Å²) in [6.07, 6.45) is 1.58. The number of nitrogen functional groups attached to an aromatic ring is 1. The van der Waals surface area contributed by atoms with Gasteiger partial charge >= 0.3 is 0 Å². The van der Waals surface area contributed by atoms with Crippen LogP contribution in [0.15, 0.2) is 40.1 Å². The number of carbonyl (C=O) groups is 1. The average Bonchev–Trinajstić information content (AvgIpc) is 3.11. The molecule has 3 rings (SSSR count). The highest BCUT2D eigenvalue weighted by Gasteiger charge is 2.27. The van der Waals surface area contributed by atoms with E-state index in [9.17, 15) is 13.2 Å². The molecule has 1 aliphatic rings. The summed E-state index contributed by atoms with van der Waals surface area (Å²) < 4.78 is 27.0. The molecule has 8 nitrogen and oxygen atoms in total. The van der Waals surface area contributed by atoms with Crippen molar-refractivity contribution < 1.29 is 13.2 Å². The summed E-state index contributed by atoms with van der Waals surface area (Å²) in [4.78, 5) is 14.0. The van der Waals surface area contributed by atoms with Crippen LogP contribution >= 0.6 is 23.1 Å². The maximum atomic E-state index is 12.5. The van der Waals surface area contributed by atoms with Crippen LogP contribution in [0.1, 0.15) is 5.56 Å². The van der Waals surface area contributed by atoms with Gasteiger partial charge in [0.1, 0.15) is 0 Å². The van der Waals surface area contributed by atoms with Gasteiger partial charge < -0.3 is 10.6 Å². The van der Waals surface area contributed by atoms with E-state index in [2.05, 4.69) is 10.2 Å². The molecule has 2 heterocycles. The number of hydrogen-bond acceptors (Lipinski definition) is 8. The molecule has 1 aliphatic heterocycles. The van der Waals surface area contributed by atoms with Crippen molar-refractivity contribution in [2.45, 2.75) is 4.34 Å². The van der Waals surface area contributed by atoms with E-state index in [0.29, 0.717) is 22.6 Å². The van der Waals surface area contributed by atoms with Crippen molar-refractivity contribution in [3.8, 4) is 0 Å². The molecule has 0 saturated carbocycles. The molecule has 1 aromatic heterocycles. The lowest BCUT2D eigenvalue weighted by Gasteiger charge is -2.33. The number of sulfonamides is 1. The monoisotopic (exact) mass is 425 g/mol. The van der Waals surface area contributed by atoms with E-state index < -0.39 is 10.0 Å². The van der Waals surface area contributed by atoms with Gasteiger partial charge in [0.25, 0.3) is 0 Å². The first-order chi connectivity index (χ1) is 12.9. The topological polar surface area (TPSA) is 109 Å². The van der Waals surface area contributed by atoms with Crippen molar-refractivity contribution in [2.24, 2.45) is 0 Å². The lowest BCUT2D eigenvalue weighted by atomic mass is 10.2. The summed E-state index contributed by atoms with van der Waals surface area (Å²) in [7, 11) is -3.50. The Kier molecular flexibility index (Phi) is 6.47. The minimum Gasteiger partial charge on any atom is -0.374 e. The highest BCUT2D eigenvalue weighted by molar-refractivity contribution is 8.01. The molecule has 1 saturated heterocycles. The first kappa shape index (κ1) is 19.8. The predicted octanol–water partition coefficient (Wildman–Crippen LogP) is 1.36. The molecule has 0 bridgehead atoms. The van der Waals surface area contributed by atoms with Gasteiger partial charge in [0, 0.05) is 31.6 Å². The summed E-state index contributed by atoms with van der Waals surface area (Å²) >= 11 is 2.52. The summed E-state index contributed by atoms with van der Waals surface area (Å²) in [5, 5.41) is 9.15. The number of piperazine rings is 1. The van der Waals surface area contributed by atoms with Gasteiger partial charge in [-0.3, -0.25) is 4.79 Å². The molecule has 2 aromatic rings. The molecule has 0 atom stereocenters. The number of amides is 1. The van der Waals surface area contributed by atoms with Crippen molar-refractivity contribution in [1.82, 2.24) is 19.4 Å². The van der Waals surface area contributed by atoms with E-state index in [1.54, 1.807) is 11.0 Å². The van der Waals surface area contributed by atoms with Crippen LogP contribution in [0.5, 0.6) is 0 Å². The average molecular weight is 426 g/mol. The van der Waals surface area contributed by atoms with E-state index in [-0.39, 0.29) is 24.7 Å². The quantitative estimate of drug-likeness (QED) is 0.696. The number of hydrogen-bond donors (Lipinski definition) is 1. The molecular weight excluding hydrogens is 406 g/mol. The maximum Gasteiger partial charge on any atom is 0.236 e. The van der Waals surface area contributed by atoms with Crippen LogP contribution in [0.3, 0.4) is 0 Å². The number of thioether (sulfide) groups is 1. The standard InChI is InChI=1S/C16H19N5O3S3/c17-15-18-19-16(26-15)25-12-14(22)20-7-9-21(10-8-20)27(23,24)11-6-13-4-2-1-3-5-13/h1-6,11H,7-10,12H2,(H2,17,18)/b11-6+. The van der Waals surface area contributed by atoms with Gasteiger partial charge in [-0.05, 0) is 11.6 Å². The van der Waals surface area contributed by atoms with Gasteiger partial charge in [-0.2, -0.15) is 4.31 Å². The van der Waals surface area contributed by atoms with Gasteiger partial charge in [0.2, 0.25) is 21.1 Å². The lowest BCUT2D eigenvalue weighted by Crippen LogP contribution is -2.50. The Bertz CT molecular complexity index is 906. The van der Waals surface area contributed by atoms with Crippen LogP contribution in [0, 0.1) is 0 Å². The third kappa shape index (κ3) is 5.51. The molecule has 1 amide bonds. The fourth-order valence-electron chi connectivity index (χ4n) is 2.50. The highest BCUT2D eigenvalue weighted by Crippen LogP contribution is 2.24. The number of aromatic nitrogens is 2. The summed E-state index contributed by atoms with van der Waals surface area (Å²) in [5.41, 5.74) is 6.34. The van der Waals surface area contributed by atoms with Gasteiger partial charge in [0.05, 0.1) is 5.75 Å².